The van der Waals surface area contributed by atoms with Gasteiger partial charge in [-0.05, 0) is 60.7 Å². The van der Waals surface area contributed by atoms with Gasteiger partial charge in [0.05, 0.1) is 5.52 Å². The summed E-state index contributed by atoms with van der Waals surface area (Å²) >= 11 is 0. The summed E-state index contributed by atoms with van der Waals surface area (Å²) in [4.78, 5) is 31.5. The molecule has 0 radical (unpaired) electrons. The molecule has 0 aliphatic carbocycles. The van der Waals surface area contributed by atoms with Crippen molar-refractivity contribution in [3.8, 4) is 17.1 Å². The minimum atomic E-state index is -0.921. The number of benzene rings is 3. The van der Waals surface area contributed by atoms with E-state index in [0.29, 0.717) is 33.4 Å². The van der Waals surface area contributed by atoms with Gasteiger partial charge in [-0.3, -0.25) is 4.79 Å². The fraction of sp³-hybridized carbons (Fsp3) is 0. The van der Waals surface area contributed by atoms with Crippen molar-refractivity contribution in [3.63, 3.8) is 0 Å². The zero-order valence-electron chi connectivity index (χ0n) is 15.9. The fourth-order valence-electron chi connectivity index (χ4n) is 3.38. The largest absolute Gasteiger partial charge is 0.453 e. The summed E-state index contributed by atoms with van der Waals surface area (Å²) in [6.07, 6.45) is -0.921. The van der Waals surface area contributed by atoms with E-state index in [2.05, 4.69) is 9.97 Å². The maximum atomic E-state index is 13.1. The number of ketones is 1. The topological polar surface area (TPSA) is 111 Å². The number of aromatic nitrogens is 2. The molecule has 0 aliphatic rings. The molecule has 3 N–H and O–H groups in total. The summed E-state index contributed by atoms with van der Waals surface area (Å²) in [6.45, 7) is 0. The van der Waals surface area contributed by atoms with Crippen molar-refractivity contribution in [3.05, 3.63) is 83.9 Å². The Labute approximate surface area is 174 Å². The summed E-state index contributed by atoms with van der Waals surface area (Å²) in [6, 6.07) is 17.4. The lowest BCUT2D eigenvalue weighted by atomic mass is 10.1. The number of furan rings is 1. The quantitative estimate of drug-likeness (QED) is 0.410. The van der Waals surface area contributed by atoms with E-state index < -0.39 is 11.9 Å². The first kappa shape index (κ1) is 18.6. The molecule has 1 amide bonds. The molecule has 2 heterocycles. The van der Waals surface area contributed by atoms with Gasteiger partial charge in [-0.1, -0.05) is 6.07 Å². The molecule has 0 saturated carbocycles. The van der Waals surface area contributed by atoms with Crippen molar-refractivity contribution < 1.29 is 23.1 Å². The number of nitrogens with zero attached hydrogens (tertiary/aromatic N) is 1. The number of hydrogen-bond donors (Lipinski definition) is 2. The third-order valence-electron chi connectivity index (χ3n) is 4.81. The Morgan fingerprint density at radius 2 is 1.84 bits per heavy atom. The predicted molar refractivity (Wildman–Crippen MR) is 111 cm³/mol. The van der Waals surface area contributed by atoms with Gasteiger partial charge in [0.25, 0.3) is 0 Å². The molecule has 0 spiro atoms. The van der Waals surface area contributed by atoms with Crippen LogP contribution >= 0.6 is 0 Å². The van der Waals surface area contributed by atoms with Crippen LogP contribution in [0.1, 0.15) is 16.1 Å². The summed E-state index contributed by atoms with van der Waals surface area (Å²) in [7, 11) is 0. The second-order valence-corrected chi connectivity index (χ2v) is 6.86. The van der Waals surface area contributed by atoms with E-state index in [9.17, 15) is 14.0 Å². The number of fused-ring (bicyclic) bond motifs is 2. The van der Waals surface area contributed by atoms with Crippen LogP contribution in [0, 0.1) is 5.82 Å². The highest BCUT2D eigenvalue weighted by Crippen LogP contribution is 2.30. The number of halogens is 1. The minimum Gasteiger partial charge on any atom is -0.453 e. The number of amides is 1. The summed E-state index contributed by atoms with van der Waals surface area (Å²) in [5.74, 6) is 0.199. The van der Waals surface area contributed by atoms with Crippen LogP contribution in [-0.4, -0.2) is 21.8 Å². The lowest BCUT2D eigenvalue weighted by molar-refractivity contribution is 0.101. The van der Waals surface area contributed by atoms with Crippen molar-refractivity contribution in [2.75, 3.05) is 0 Å². The Hall–Kier alpha value is -4.46. The van der Waals surface area contributed by atoms with Gasteiger partial charge in [0.2, 0.25) is 5.78 Å². The van der Waals surface area contributed by atoms with Crippen molar-refractivity contribution in [1.82, 2.24) is 9.97 Å². The molecule has 5 aromatic rings. The average Bonchev–Trinajstić information content (AvgIpc) is 3.37. The Bertz CT molecular complexity index is 1470. The molecule has 0 atom stereocenters. The average molecular weight is 415 g/mol. The van der Waals surface area contributed by atoms with Gasteiger partial charge in [-0.25, -0.2) is 14.2 Å². The SMILES string of the molecule is NC(=O)Oc1cccc2[nH]c(-c3ccc4oc(C(=O)c5ccc(F)cc5)cc4c3)nc12. The summed E-state index contributed by atoms with van der Waals surface area (Å²) in [5, 5.41) is 0.706. The molecule has 0 bridgehead atoms. The van der Waals surface area contributed by atoms with Gasteiger partial charge in [0, 0.05) is 16.5 Å². The van der Waals surface area contributed by atoms with Crippen LogP contribution in [0.4, 0.5) is 9.18 Å². The molecule has 5 rings (SSSR count). The fourth-order valence-corrected chi connectivity index (χ4v) is 3.38. The monoisotopic (exact) mass is 415 g/mol. The number of imidazole rings is 1. The highest BCUT2D eigenvalue weighted by Gasteiger charge is 2.16. The van der Waals surface area contributed by atoms with E-state index in [1.807, 2.05) is 6.07 Å². The van der Waals surface area contributed by atoms with E-state index in [-0.39, 0.29) is 17.3 Å². The summed E-state index contributed by atoms with van der Waals surface area (Å²) in [5.41, 5.74) is 7.87. The molecule has 8 heteroatoms. The highest BCUT2D eigenvalue weighted by molar-refractivity contribution is 6.09. The molecule has 2 aromatic heterocycles. The number of para-hydroxylation sites is 1. The van der Waals surface area contributed by atoms with Crippen LogP contribution in [0.5, 0.6) is 5.75 Å². The van der Waals surface area contributed by atoms with E-state index in [4.69, 9.17) is 14.9 Å². The van der Waals surface area contributed by atoms with Crippen LogP contribution in [0.3, 0.4) is 0 Å². The Balaban J connectivity index is 1.52. The first-order valence-corrected chi connectivity index (χ1v) is 9.28. The van der Waals surface area contributed by atoms with Gasteiger partial charge in [-0.15, -0.1) is 0 Å². The number of carbonyl (C=O) groups excluding carboxylic acids is 2. The molecule has 3 aromatic carbocycles. The maximum absolute atomic E-state index is 13.1. The van der Waals surface area contributed by atoms with Crippen molar-refractivity contribution in [2.24, 2.45) is 5.73 Å². The first-order valence-electron chi connectivity index (χ1n) is 9.28. The van der Waals surface area contributed by atoms with Gasteiger partial charge >= 0.3 is 6.09 Å². The van der Waals surface area contributed by atoms with Crippen LogP contribution in [0.25, 0.3) is 33.4 Å². The smallest absolute Gasteiger partial charge is 0.410 e. The Morgan fingerprint density at radius 1 is 1.03 bits per heavy atom. The highest BCUT2D eigenvalue weighted by atomic mass is 19.1. The van der Waals surface area contributed by atoms with E-state index >= 15 is 0 Å². The van der Waals surface area contributed by atoms with E-state index in [1.54, 1.807) is 36.4 Å². The first-order chi connectivity index (χ1) is 15.0. The number of hydrogen-bond acceptors (Lipinski definition) is 5. The second-order valence-electron chi connectivity index (χ2n) is 6.86. The third kappa shape index (κ3) is 3.40. The number of carbonyl (C=O) groups is 2. The van der Waals surface area contributed by atoms with Crippen LogP contribution < -0.4 is 10.5 Å². The number of nitrogens with two attached hydrogens (primary N) is 1. The minimum absolute atomic E-state index is 0.153. The van der Waals surface area contributed by atoms with Crippen LogP contribution in [0.2, 0.25) is 0 Å². The Morgan fingerprint density at radius 3 is 2.61 bits per heavy atom. The third-order valence-corrected chi connectivity index (χ3v) is 4.81. The van der Waals surface area contributed by atoms with Gasteiger partial charge < -0.3 is 19.9 Å². The number of aromatic amines is 1. The molecule has 0 aliphatic heterocycles. The van der Waals surface area contributed by atoms with E-state index in [0.717, 1.165) is 5.56 Å². The molecule has 0 fully saturated rings. The molecule has 0 saturated heterocycles. The number of primary amides is 1. The second kappa shape index (κ2) is 7.10. The molecular weight excluding hydrogens is 401 g/mol. The number of rotatable bonds is 4. The molecular formula is C23H14FN3O4. The normalized spacial score (nSPS) is 11.1. The molecule has 31 heavy (non-hydrogen) atoms. The van der Waals surface area contributed by atoms with E-state index in [1.165, 1.54) is 24.3 Å². The standard InChI is InChI=1S/C23H14FN3O4/c24-15-7-4-12(5-8-15)21(28)19-11-14-10-13(6-9-17(14)30-19)22-26-16-2-1-3-18(20(16)27-22)31-23(25)29/h1-11H,(H2,25,29)(H,26,27). The zero-order valence-corrected chi connectivity index (χ0v) is 15.9. The Kier molecular flexibility index (Phi) is 4.25. The van der Waals surface area contributed by atoms with Gasteiger partial charge in [-0.2, -0.15) is 0 Å². The van der Waals surface area contributed by atoms with Gasteiger partial charge in [0.15, 0.2) is 11.5 Å². The van der Waals surface area contributed by atoms with Crippen LogP contribution in [0.15, 0.2) is 71.1 Å². The summed E-state index contributed by atoms with van der Waals surface area (Å²) < 4.78 is 23.8. The van der Waals surface area contributed by atoms with Gasteiger partial charge in [0.1, 0.15) is 22.7 Å². The zero-order chi connectivity index (χ0) is 21.5. The van der Waals surface area contributed by atoms with Crippen molar-refractivity contribution >= 4 is 33.9 Å². The molecule has 152 valence electrons. The molecule has 7 nitrogen and oxygen atoms in total. The molecule has 0 unspecified atom stereocenters. The lowest BCUT2D eigenvalue weighted by Gasteiger charge is -1.99. The van der Waals surface area contributed by atoms with Crippen molar-refractivity contribution in [1.29, 1.82) is 0 Å². The van der Waals surface area contributed by atoms with Crippen molar-refractivity contribution in [2.45, 2.75) is 0 Å². The number of nitrogens with one attached hydrogen (secondary N) is 1. The maximum Gasteiger partial charge on any atom is 0.410 e. The lowest BCUT2D eigenvalue weighted by Crippen LogP contribution is -2.16. The predicted octanol–water partition coefficient (Wildman–Crippen LogP) is 4.80. The van der Waals surface area contributed by atoms with Crippen LogP contribution in [-0.2, 0) is 0 Å². The number of ether oxygens (including phenoxy) is 1. The number of H-pyrrole nitrogens is 1.